The number of aliphatic carboxylic acids is 1. The molecule has 1 unspecified atom stereocenters. The van der Waals surface area contributed by atoms with Crippen LogP contribution in [0.25, 0.3) is 0 Å². The van der Waals surface area contributed by atoms with Crippen molar-refractivity contribution in [3.8, 4) is 5.75 Å². The largest absolute Gasteiger partial charge is 0.489 e. The number of ether oxygens (including phenoxy) is 1. The smallest absolute Gasteiger partial charge is 0.304 e. The minimum Gasteiger partial charge on any atom is -0.489 e. The number of halogens is 1. The third kappa shape index (κ3) is 3.92. The van der Waals surface area contributed by atoms with Crippen molar-refractivity contribution in [2.24, 2.45) is 0 Å². The van der Waals surface area contributed by atoms with Crippen LogP contribution in [0.2, 0.25) is 0 Å². The van der Waals surface area contributed by atoms with Gasteiger partial charge in [0, 0.05) is 12.6 Å². The predicted octanol–water partition coefficient (Wildman–Crippen LogP) is 2.14. The van der Waals surface area contributed by atoms with Crippen molar-refractivity contribution >= 4 is 5.97 Å². The van der Waals surface area contributed by atoms with Crippen LogP contribution in [-0.2, 0) is 4.79 Å². The van der Waals surface area contributed by atoms with Crippen LogP contribution in [0.3, 0.4) is 0 Å². The summed E-state index contributed by atoms with van der Waals surface area (Å²) in [5.74, 6) is -0.894. The molecule has 0 radical (unpaired) electrons. The van der Waals surface area contributed by atoms with Crippen LogP contribution in [0.5, 0.6) is 5.75 Å². The first-order chi connectivity index (χ1) is 9.16. The summed E-state index contributed by atoms with van der Waals surface area (Å²) >= 11 is 0. The van der Waals surface area contributed by atoms with Crippen molar-refractivity contribution in [2.45, 2.75) is 25.3 Å². The maximum atomic E-state index is 13.3. The monoisotopic (exact) mass is 267 g/mol. The van der Waals surface area contributed by atoms with Crippen LogP contribution in [0.1, 0.15) is 19.3 Å². The topological polar surface area (TPSA) is 49.8 Å². The molecule has 1 aliphatic rings. The molecule has 4 nitrogen and oxygen atoms in total. The van der Waals surface area contributed by atoms with E-state index in [-0.39, 0.29) is 24.0 Å². The summed E-state index contributed by atoms with van der Waals surface area (Å²) in [6.45, 7) is 1.89. The Morgan fingerprint density at radius 1 is 1.47 bits per heavy atom. The first-order valence-electron chi connectivity index (χ1n) is 6.50. The number of rotatable bonds is 6. The van der Waals surface area contributed by atoms with E-state index in [4.69, 9.17) is 9.84 Å². The molecule has 0 spiro atoms. The number of carboxylic acid groups (broad SMARTS) is 1. The van der Waals surface area contributed by atoms with Crippen LogP contribution in [-0.4, -0.2) is 41.7 Å². The van der Waals surface area contributed by atoms with Crippen molar-refractivity contribution in [2.75, 3.05) is 19.7 Å². The van der Waals surface area contributed by atoms with Gasteiger partial charge in [-0.25, -0.2) is 4.39 Å². The molecule has 0 bridgehead atoms. The number of carbonyl (C=O) groups is 1. The molecule has 0 saturated carbocycles. The highest BCUT2D eigenvalue weighted by Gasteiger charge is 2.26. The lowest BCUT2D eigenvalue weighted by atomic mass is 10.1. The van der Waals surface area contributed by atoms with Crippen molar-refractivity contribution in [3.05, 3.63) is 30.1 Å². The molecule has 1 aromatic rings. The fourth-order valence-electron chi connectivity index (χ4n) is 2.46. The van der Waals surface area contributed by atoms with Gasteiger partial charge in [-0.2, -0.15) is 0 Å². The SMILES string of the molecule is O=C(O)CC1CCCN1CCOc1ccccc1F. The Hall–Kier alpha value is -1.62. The van der Waals surface area contributed by atoms with Crippen molar-refractivity contribution in [1.82, 2.24) is 4.90 Å². The van der Waals surface area contributed by atoms with Gasteiger partial charge in [-0.1, -0.05) is 12.1 Å². The summed E-state index contributed by atoms with van der Waals surface area (Å²) in [4.78, 5) is 12.8. The minimum atomic E-state index is -0.771. The van der Waals surface area contributed by atoms with Crippen LogP contribution in [0.15, 0.2) is 24.3 Å². The second-order valence-electron chi connectivity index (χ2n) is 4.71. The second-order valence-corrected chi connectivity index (χ2v) is 4.71. The van der Waals surface area contributed by atoms with Gasteiger partial charge >= 0.3 is 5.97 Å². The fourth-order valence-corrected chi connectivity index (χ4v) is 2.46. The number of nitrogens with zero attached hydrogens (tertiary/aromatic N) is 1. The first-order valence-corrected chi connectivity index (χ1v) is 6.50. The van der Waals surface area contributed by atoms with Gasteiger partial charge in [-0.15, -0.1) is 0 Å². The van der Waals surface area contributed by atoms with Crippen LogP contribution < -0.4 is 4.74 Å². The average molecular weight is 267 g/mol. The van der Waals surface area contributed by atoms with Gasteiger partial charge in [-0.3, -0.25) is 9.69 Å². The Kier molecular flexibility index (Phi) is 4.74. The summed E-state index contributed by atoms with van der Waals surface area (Å²) in [5.41, 5.74) is 0. The summed E-state index contributed by atoms with van der Waals surface area (Å²) in [5, 5.41) is 8.82. The van der Waals surface area contributed by atoms with Gasteiger partial charge in [0.15, 0.2) is 11.6 Å². The number of hydrogen-bond acceptors (Lipinski definition) is 3. The Balaban J connectivity index is 1.79. The Bertz CT molecular complexity index is 438. The van der Waals surface area contributed by atoms with Gasteiger partial charge in [0.2, 0.25) is 0 Å². The summed E-state index contributed by atoms with van der Waals surface area (Å²) in [6, 6.07) is 6.38. The number of carboxylic acids is 1. The third-order valence-corrected chi connectivity index (χ3v) is 3.38. The molecule has 0 amide bonds. The number of benzene rings is 1. The van der Waals surface area contributed by atoms with Gasteiger partial charge in [0.25, 0.3) is 0 Å². The average Bonchev–Trinajstić information content (AvgIpc) is 2.78. The number of para-hydroxylation sites is 1. The van der Waals surface area contributed by atoms with Crippen LogP contribution in [0, 0.1) is 5.82 Å². The van der Waals surface area contributed by atoms with Crippen molar-refractivity contribution < 1.29 is 19.0 Å². The highest BCUT2D eigenvalue weighted by Crippen LogP contribution is 2.20. The highest BCUT2D eigenvalue weighted by atomic mass is 19.1. The molecule has 1 aromatic carbocycles. The summed E-state index contributed by atoms with van der Waals surface area (Å²) in [6.07, 6.45) is 2.09. The molecule has 1 saturated heterocycles. The molecule has 1 fully saturated rings. The zero-order valence-corrected chi connectivity index (χ0v) is 10.7. The van der Waals surface area contributed by atoms with E-state index in [0.29, 0.717) is 13.2 Å². The Morgan fingerprint density at radius 2 is 2.26 bits per heavy atom. The number of hydrogen-bond donors (Lipinski definition) is 1. The Labute approximate surface area is 111 Å². The highest BCUT2D eigenvalue weighted by molar-refractivity contribution is 5.67. The molecular formula is C14H18FNO3. The van der Waals surface area contributed by atoms with Gasteiger partial charge in [-0.05, 0) is 31.5 Å². The lowest BCUT2D eigenvalue weighted by Crippen LogP contribution is -2.34. The van der Waals surface area contributed by atoms with Gasteiger partial charge in [0.1, 0.15) is 6.61 Å². The first kappa shape index (κ1) is 13.8. The van der Waals surface area contributed by atoms with E-state index in [1.54, 1.807) is 18.2 Å². The standard InChI is InChI=1S/C14H18FNO3/c15-12-5-1-2-6-13(12)19-9-8-16-7-3-4-11(16)10-14(17)18/h1-2,5-6,11H,3-4,7-10H2,(H,17,18). The van der Waals surface area contributed by atoms with E-state index >= 15 is 0 Å². The lowest BCUT2D eigenvalue weighted by Gasteiger charge is -2.23. The molecular weight excluding hydrogens is 249 g/mol. The molecule has 0 aliphatic carbocycles. The summed E-state index contributed by atoms with van der Waals surface area (Å²) < 4.78 is 18.7. The molecule has 19 heavy (non-hydrogen) atoms. The maximum absolute atomic E-state index is 13.3. The maximum Gasteiger partial charge on any atom is 0.304 e. The second kappa shape index (κ2) is 6.52. The molecule has 1 heterocycles. The molecule has 1 atom stereocenters. The predicted molar refractivity (Wildman–Crippen MR) is 68.7 cm³/mol. The van der Waals surface area contributed by atoms with E-state index in [1.807, 2.05) is 0 Å². The van der Waals surface area contributed by atoms with E-state index in [1.165, 1.54) is 6.07 Å². The van der Waals surface area contributed by atoms with Crippen molar-refractivity contribution in [3.63, 3.8) is 0 Å². The molecule has 2 rings (SSSR count). The van der Waals surface area contributed by atoms with E-state index in [2.05, 4.69) is 4.90 Å². The van der Waals surface area contributed by atoms with Crippen molar-refractivity contribution in [1.29, 1.82) is 0 Å². The van der Waals surface area contributed by atoms with Crippen LogP contribution >= 0.6 is 0 Å². The zero-order valence-electron chi connectivity index (χ0n) is 10.7. The third-order valence-electron chi connectivity index (χ3n) is 3.38. The quantitative estimate of drug-likeness (QED) is 0.858. The fraction of sp³-hybridized carbons (Fsp3) is 0.500. The molecule has 1 aliphatic heterocycles. The van der Waals surface area contributed by atoms with E-state index in [0.717, 1.165) is 19.4 Å². The molecule has 104 valence electrons. The number of likely N-dealkylation sites (tertiary alicyclic amines) is 1. The van der Waals surface area contributed by atoms with Gasteiger partial charge < -0.3 is 9.84 Å². The van der Waals surface area contributed by atoms with Crippen LogP contribution in [0.4, 0.5) is 4.39 Å². The zero-order chi connectivity index (χ0) is 13.7. The van der Waals surface area contributed by atoms with Gasteiger partial charge in [0.05, 0.1) is 6.42 Å². The molecule has 5 heteroatoms. The lowest BCUT2D eigenvalue weighted by molar-refractivity contribution is -0.138. The van der Waals surface area contributed by atoms with E-state index < -0.39 is 5.97 Å². The molecule has 0 aromatic heterocycles. The molecule has 1 N–H and O–H groups in total. The Morgan fingerprint density at radius 3 is 3.00 bits per heavy atom. The normalized spacial score (nSPS) is 19.5. The minimum absolute atomic E-state index is 0.0849. The summed E-state index contributed by atoms with van der Waals surface area (Å²) in [7, 11) is 0. The van der Waals surface area contributed by atoms with E-state index in [9.17, 15) is 9.18 Å².